The number of benzene rings is 2. The zero-order valence-corrected chi connectivity index (χ0v) is 36.4. The van der Waals surface area contributed by atoms with E-state index in [2.05, 4.69) is 70.2 Å². The Morgan fingerprint density at radius 2 is 0.981 bits per heavy atom. The summed E-state index contributed by atoms with van der Waals surface area (Å²) in [4.78, 5) is 34.3. The maximum absolute atomic E-state index is 12.2. The van der Waals surface area contributed by atoms with Crippen LogP contribution in [0.3, 0.4) is 0 Å². The number of rotatable bonds is 18. The molecule has 12 nitrogen and oxygen atoms in total. The summed E-state index contributed by atoms with van der Waals surface area (Å²) in [5, 5.41) is 2.37. The third-order valence-electron chi connectivity index (χ3n) is 7.78. The van der Waals surface area contributed by atoms with Gasteiger partial charge in [-0.15, -0.1) is 23.2 Å². The van der Waals surface area contributed by atoms with Gasteiger partial charge in [-0.1, -0.05) is 111 Å². The van der Waals surface area contributed by atoms with Gasteiger partial charge in [-0.3, -0.25) is 9.59 Å². The molecule has 7 N–H and O–H groups in total. The Balaban J connectivity index is 0. The van der Waals surface area contributed by atoms with Crippen LogP contribution in [-0.2, 0) is 29.6 Å². The Kier molecular flexibility index (Phi) is 27.7. The highest BCUT2D eigenvalue weighted by atomic mass is 35.5. The molecule has 2 aromatic carbocycles. The maximum Gasteiger partial charge on any atom is 0.312 e. The molecule has 0 aromatic heterocycles. The van der Waals surface area contributed by atoms with Crippen LogP contribution in [-0.4, -0.2) is 71.4 Å². The van der Waals surface area contributed by atoms with Crippen molar-refractivity contribution >= 4 is 60.8 Å². The highest BCUT2D eigenvalue weighted by Gasteiger charge is 2.25. The van der Waals surface area contributed by atoms with Crippen LogP contribution in [0.2, 0.25) is 0 Å². The second-order valence-corrected chi connectivity index (χ2v) is 18.7. The number of carbonyl (C=O) groups excluding carboxylic acids is 3. The van der Waals surface area contributed by atoms with E-state index in [0.29, 0.717) is 36.6 Å². The number of nitrogens with one attached hydrogen (secondary N) is 3. The minimum absolute atomic E-state index is 0.0673. The number of urea groups is 1. The van der Waals surface area contributed by atoms with E-state index in [1.54, 1.807) is 36.4 Å². The minimum atomic E-state index is -3.81. The van der Waals surface area contributed by atoms with Gasteiger partial charge in [0, 0.05) is 6.54 Å². The summed E-state index contributed by atoms with van der Waals surface area (Å²) in [5.74, 6) is -1.28. The summed E-state index contributed by atoms with van der Waals surface area (Å²) in [6.07, 6.45) is 4.93. The van der Waals surface area contributed by atoms with E-state index >= 15 is 0 Å². The molecule has 0 aliphatic carbocycles. The number of hydrogen-bond donors (Lipinski definition) is 5. The number of halogens is 2. The number of primary amides is 1. The van der Waals surface area contributed by atoms with Gasteiger partial charge in [-0.2, -0.15) is 0 Å². The van der Waals surface area contributed by atoms with Gasteiger partial charge in [0.1, 0.15) is 0 Å². The molecular formula is C38H65Cl2N5O7S2. The number of Topliss-reactive ketones (excluding diaryl/α,β-unsaturated/α-hetero) is 2. The van der Waals surface area contributed by atoms with Crippen LogP contribution >= 0.6 is 23.2 Å². The Morgan fingerprint density at radius 1 is 0.648 bits per heavy atom. The summed E-state index contributed by atoms with van der Waals surface area (Å²) in [7, 11) is -7.52. The fraction of sp³-hybridized carbons (Fsp3) is 0.605. The average Bonchev–Trinajstić information content (AvgIpc) is 3.12. The summed E-state index contributed by atoms with van der Waals surface area (Å²) < 4.78 is 53.5. The van der Waals surface area contributed by atoms with Gasteiger partial charge in [0.2, 0.25) is 20.0 Å². The van der Waals surface area contributed by atoms with Crippen molar-refractivity contribution < 1.29 is 31.2 Å². The van der Waals surface area contributed by atoms with Gasteiger partial charge in [0.05, 0.1) is 33.6 Å². The summed E-state index contributed by atoms with van der Waals surface area (Å²) >= 11 is 11.0. The van der Waals surface area contributed by atoms with Crippen LogP contribution in [0.5, 0.6) is 0 Å². The van der Waals surface area contributed by atoms with Gasteiger partial charge in [-0.25, -0.2) is 31.1 Å². The zero-order chi connectivity index (χ0) is 42.0. The number of alkyl halides is 2. The van der Waals surface area contributed by atoms with Crippen LogP contribution < -0.4 is 26.2 Å². The number of amides is 2. The van der Waals surface area contributed by atoms with Crippen LogP contribution in [0.4, 0.5) is 4.79 Å². The van der Waals surface area contributed by atoms with Crippen molar-refractivity contribution in [3.05, 3.63) is 60.7 Å². The molecule has 0 unspecified atom stereocenters. The number of carbonyl (C=O) groups is 3. The molecule has 310 valence electrons. The summed E-state index contributed by atoms with van der Waals surface area (Å²) in [6, 6.07) is 13.2. The highest BCUT2D eigenvalue weighted by molar-refractivity contribution is 7.89. The van der Waals surface area contributed by atoms with E-state index in [9.17, 15) is 31.2 Å². The quantitative estimate of drug-likeness (QED) is 0.0800. The smallest absolute Gasteiger partial charge is 0.312 e. The number of hydrogen-bond acceptors (Lipinski definition) is 8. The van der Waals surface area contributed by atoms with Crippen molar-refractivity contribution in [1.29, 1.82) is 0 Å². The third kappa shape index (κ3) is 27.1. The average molecular weight is 839 g/mol. The van der Waals surface area contributed by atoms with E-state index in [4.69, 9.17) is 34.7 Å². The molecule has 0 fully saturated rings. The molecule has 2 amide bonds. The van der Waals surface area contributed by atoms with E-state index in [1.807, 2.05) is 0 Å². The van der Waals surface area contributed by atoms with Crippen LogP contribution in [0.1, 0.15) is 100 Å². The van der Waals surface area contributed by atoms with Crippen molar-refractivity contribution in [2.75, 3.05) is 24.8 Å². The molecule has 2 atom stereocenters. The molecular weight excluding hydrogens is 773 g/mol. The molecule has 0 aliphatic heterocycles. The van der Waals surface area contributed by atoms with Gasteiger partial charge in [-0.05, 0) is 67.3 Å². The third-order valence-corrected chi connectivity index (χ3v) is 11.3. The Morgan fingerprint density at radius 3 is 1.26 bits per heavy atom. The number of sulfonamides is 2. The lowest BCUT2D eigenvalue weighted by molar-refractivity contribution is -0.119. The van der Waals surface area contributed by atoms with Crippen LogP contribution in [0.25, 0.3) is 0 Å². The lowest BCUT2D eigenvalue weighted by atomic mass is 9.94. The van der Waals surface area contributed by atoms with E-state index in [0.717, 1.165) is 6.42 Å². The first-order chi connectivity index (χ1) is 25.0. The van der Waals surface area contributed by atoms with Gasteiger partial charge in [0.15, 0.2) is 11.6 Å². The Bertz CT molecular complexity index is 1540. The summed E-state index contributed by atoms with van der Waals surface area (Å²) in [5.41, 5.74) is 11.4. The van der Waals surface area contributed by atoms with Crippen LogP contribution in [0, 0.1) is 10.8 Å². The highest BCUT2D eigenvalue weighted by Crippen LogP contribution is 2.17. The number of nitrogens with two attached hydrogens (primary N) is 2. The molecule has 0 bridgehead atoms. The van der Waals surface area contributed by atoms with Gasteiger partial charge >= 0.3 is 6.03 Å². The fourth-order valence-electron chi connectivity index (χ4n) is 3.48. The molecule has 0 saturated carbocycles. The van der Waals surface area contributed by atoms with Crippen molar-refractivity contribution in [3.63, 3.8) is 0 Å². The fourth-order valence-corrected chi connectivity index (χ4v) is 6.40. The second-order valence-electron chi connectivity index (χ2n) is 14.7. The molecule has 54 heavy (non-hydrogen) atoms. The predicted molar refractivity (Wildman–Crippen MR) is 222 cm³/mol. The van der Waals surface area contributed by atoms with E-state index in [1.165, 1.54) is 37.1 Å². The zero-order valence-electron chi connectivity index (χ0n) is 33.3. The molecule has 0 saturated heterocycles. The van der Waals surface area contributed by atoms with Crippen molar-refractivity contribution in [2.45, 2.75) is 122 Å². The molecule has 0 aliphatic rings. The number of unbranched alkanes of at least 4 members (excludes halogenated alkanes) is 1. The number of ketones is 2. The first kappa shape index (κ1) is 53.5. The Hall–Kier alpha value is -2.59. The monoisotopic (exact) mass is 837 g/mol. The van der Waals surface area contributed by atoms with E-state index < -0.39 is 43.9 Å². The van der Waals surface area contributed by atoms with Crippen molar-refractivity contribution in [3.8, 4) is 0 Å². The minimum Gasteiger partial charge on any atom is -0.352 e. The first-order valence-corrected chi connectivity index (χ1v) is 22.1. The molecule has 0 radical (unpaired) electrons. The second kappa shape index (κ2) is 27.9. The first-order valence-electron chi connectivity index (χ1n) is 18.1. The van der Waals surface area contributed by atoms with E-state index in [-0.39, 0.29) is 40.3 Å². The molecule has 2 aromatic rings. The predicted octanol–water partition coefficient (Wildman–Crippen LogP) is 6.75. The lowest BCUT2D eigenvalue weighted by Crippen LogP contribution is -2.42. The molecule has 2 rings (SSSR count). The van der Waals surface area contributed by atoms with Crippen molar-refractivity contribution in [2.24, 2.45) is 22.3 Å². The topological polar surface area (TPSA) is 208 Å². The molecule has 16 heteroatoms. The summed E-state index contributed by atoms with van der Waals surface area (Å²) in [6.45, 7) is 18.6. The lowest BCUT2D eigenvalue weighted by Gasteiger charge is -2.17. The molecule has 0 spiro atoms. The maximum atomic E-state index is 12.2. The Labute approximate surface area is 335 Å². The van der Waals surface area contributed by atoms with Gasteiger partial charge in [0.25, 0.3) is 0 Å². The van der Waals surface area contributed by atoms with Crippen LogP contribution in [0.15, 0.2) is 70.5 Å². The normalized spacial score (nSPS) is 12.6. The molecule has 0 heterocycles. The SMILES string of the molecule is CCC(C)(C)C.CCC(C)(C)C.NC(=O)NCCC[C@H](NS(=O)(=O)c1ccccc1)C(=O)CCl.NCCCC[C@H](NS(=O)(=O)c1ccccc1)C(=O)CCl. The largest absolute Gasteiger partial charge is 0.352 e. The van der Waals surface area contributed by atoms with Crippen molar-refractivity contribution in [1.82, 2.24) is 14.8 Å². The van der Waals surface area contributed by atoms with Gasteiger partial charge < -0.3 is 16.8 Å². The standard InChI is InChI=1S/C13H18ClN3O4S.C13H19ClN2O3S.2C6H14/c14-9-12(18)11(7-4-8-16-13(15)19)17-22(20,21)10-5-2-1-3-6-10;14-10-13(17)12(8-4-5-9-15)16-20(18,19)11-6-2-1-3-7-11;2*1-5-6(2,3)4/h1-3,5-6,11,17H,4,7-9H2,(H3,15,16,19);1-3,6-7,12,16H,4-5,8-10,15H2;2*5H2,1-4H3/t11-;12-;;/m00../s1.